The van der Waals surface area contributed by atoms with Crippen molar-refractivity contribution in [1.29, 1.82) is 0 Å². The molecule has 2 atom stereocenters. The normalized spacial score (nSPS) is 20.1. The lowest BCUT2D eigenvalue weighted by atomic mass is 9.82. The summed E-state index contributed by atoms with van der Waals surface area (Å²) in [6, 6.07) is 7.64. The van der Waals surface area contributed by atoms with Crippen molar-refractivity contribution < 1.29 is 0 Å². The summed E-state index contributed by atoms with van der Waals surface area (Å²) < 4.78 is 1.94. The predicted molar refractivity (Wildman–Crippen MR) is 121 cm³/mol. The number of hydrogen-bond acceptors (Lipinski definition) is 8. The molecule has 2 N–H and O–H groups in total. The van der Waals surface area contributed by atoms with Gasteiger partial charge in [0.15, 0.2) is 0 Å². The van der Waals surface area contributed by atoms with Crippen LogP contribution in [-0.4, -0.2) is 37.6 Å². The Morgan fingerprint density at radius 1 is 1.03 bits per heavy atom. The van der Waals surface area contributed by atoms with Gasteiger partial charge in [0, 0.05) is 53.8 Å². The molecule has 6 heterocycles. The molecule has 9 heteroatoms. The molecular formula is C22H21N7OS. The Bertz CT molecular complexity index is 1380. The van der Waals surface area contributed by atoms with Crippen molar-refractivity contribution in [2.24, 2.45) is 5.92 Å². The minimum absolute atomic E-state index is 0.0192. The number of aromatic nitrogens is 5. The van der Waals surface area contributed by atoms with Gasteiger partial charge in [0.2, 0.25) is 0 Å². The van der Waals surface area contributed by atoms with Gasteiger partial charge in [-0.1, -0.05) is 0 Å². The molecule has 156 valence electrons. The van der Waals surface area contributed by atoms with E-state index >= 15 is 0 Å². The lowest BCUT2D eigenvalue weighted by molar-refractivity contribution is 0.281. The maximum Gasteiger partial charge on any atom is 0.251 e. The van der Waals surface area contributed by atoms with E-state index in [0.717, 1.165) is 53.3 Å². The monoisotopic (exact) mass is 431 g/mol. The van der Waals surface area contributed by atoms with Crippen LogP contribution < -0.4 is 16.2 Å². The van der Waals surface area contributed by atoms with Crippen LogP contribution >= 0.6 is 11.3 Å². The fraction of sp³-hybridized carbons (Fsp3) is 0.318. The number of pyridine rings is 1. The molecule has 31 heavy (non-hydrogen) atoms. The van der Waals surface area contributed by atoms with Crippen molar-refractivity contribution in [3.8, 4) is 11.3 Å². The van der Waals surface area contributed by atoms with Crippen molar-refractivity contribution in [2.45, 2.75) is 25.8 Å². The van der Waals surface area contributed by atoms with Gasteiger partial charge >= 0.3 is 0 Å². The zero-order chi connectivity index (χ0) is 21.1. The standard InChI is InChI=1S/C22H21N7OS/c1-12-2-16-21(26-11-27-22(16)31-12)28-7-13-3-15(9-28)18-4-14(5-20(30)29(18)8-13)17-6-19(23)25-10-24-17/h2,4-6,10-11,13,15H,3,7-9H2,1H3,(H2,23,24,25)/t13-,15+/m0/s1. The molecule has 2 aliphatic heterocycles. The van der Waals surface area contributed by atoms with Gasteiger partial charge in [-0.25, -0.2) is 19.9 Å². The van der Waals surface area contributed by atoms with Crippen LogP contribution in [0.4, 0.5) is 11.6 Å². The summed E-state index contributed by atoms with van der Waals surface area (Å²) >= 11 is 1.70. The third kappa shape index (κ3) is 3.07. The van der Waals surface area contributed by atoms with Gasteiger partial charge in [-0.15, -0.1) is 11.3 Å². The lowest BCUT2D eigenvalue weighted by Crippen LogP contribution is -2.47. The summed E-state index contributed by atoms with van der Waals surface area (Å²) in [6.45, 7) is 4.55. The Morgan fingerprint density at radius 2 is 1.90 bits per heavy atom. The van der Waals surface area contributed by atoms with Gasteiger partial charge in [-0.3, -0.25) is 4.79 Å². The molecule has 2 bridgehead atoms. The number of anilines is 2. The number of nitrogens with two attached hydrogens (primary N) is 1. The van der Waals surface area contributed by atoms with Gasteiger partial charge < -0.3 is 15.2 Å². The average molecular weight is 432 g/mol. The molecule has 0 aromatic carbocycles. The van der Waals surface area contributed by atoms with E-state index in [9.17, 15) is 4.79 Å². The second-order valence-corrected chi connectivity index (χ2v) is 9.66. The van der Waals surface area contributed by atoms with E-state index in [2.05, 4.69) is 43.9 Å². The molecule has 6 rings (SSSR count). The van der Waals surface area contributed by atoms with Crippen molar-refractivity contribution in [3.63, 3.8) is 0 Å². The van der Waals surface area contributed by atoms with Crippen LogP contribution in [0.15, 0.2) is 41.7 Å². The summed E-state index contributed by atoms with van der Waals surface area (Å²) in [7, 11) is 0. The molecule has 0 unspecified atom stereocenters. The van der Waals surface area contributed by atoms with Crippen molar-refractivity contribution in [1.82, 2.24) is 24.5 Å². The number of thiophene rings is 1. The molecule has 0 amide bonds. The summed E-state index contributed by atoms with van der Waals surface area (Å²) in [4.78, 5) is 35.0. The van der Waals surface area contributed by atoms with E-state index in [1.54, 1.807) is 29.8 Å². The topological polar surface area (TPSA) is 103 Å². The molecule has 0 radical (unpaired) electrons. The van der Waals surface area contributed by atoms with Gasteiger partial charge in [-0.2, -0.15) is 0 Å². The summed E-state index contributed by atoms with van der Waals surface area (Å²) in [5.74, 6) is 2.06. The van der Waals surface area contributed by atoms with Crippen LogP contribution in [0.1, 0.15) is 22.9 Å². The molecule has 4 aromatic heterocycles. The molecule has 1 fully saturated rings. The van der Waals surface area contributed by atoms with Crippen molar-refractivity contribution in [2.75, 3.05) is 23.7 Å². The van der Waals surface area contributed by atoms with Crippen LogP contribution in [0.5, 0.6) is 0 Å². The van der Waals surface area contributed by atoms with Gasteiger partial charge in [0.25, 0.3) is 5.56 Å². The second kappa shape index (κ2) is 6.84. The van der Waals surface area contributed by atoms with Crippen LogP contribution in [0.25, 0.3) is 21.5 Å². The van der Waals surface area contributed by atoms with Crippen LogP contribution in [-0.2, 0) is 6.54 Å². The van der Waals surface area contributed by atoms with E-state index in [4.69, 9.17) is 5.73 Å². The second-order valence-electron chi connectivity index (χ2n) is 8.42. The highest BCUT2D eigenvalue weighted by atomic mass is 32.1. The summed E-state index contributed by atoms with van der Waals surface area (Å²) in [5.41, 5.74) is 8.38. The first kappa shape index (κ1) is 18.4. The number of rotatable bonds is 2. The van der Waals surface area contributed by atoms with Crippen LogP contribution in [0, 0.1) is 12.8 Å². The fourth-order valence-electron chi connectivity index (χ4n) is 5.03. The zero-order valence-electron chi connectivity index (χ0n) is 17.0. The minimum atomic E-state index is 0.0192. The average Bonchev–Trinajstić information content (AvgIpc) is 3.14. The fourth-order valence-corrected chi connectivity index (χ4v) is 5.87. The molecule has 0 saturated carbocycles. The highest BCUT2D eigenvalue weighted by Gasteiger charge is 2.36. The Kier molecular flexibility index (Phi) is 4.07. The highest BCUT2D eigenvalue weighted by Crippen LogP contribution is 2.39. The van der Waals surface area contributed by atoms with E-state index in [1.807, 2.05) is 4.57 Å². The van der Waals surface area contributed by atoms with Gasteiger partial charge in [-0.05, 0) is 31.4 Å². The third-order valence-electron chi connectivity index (χ3n) is 6.27. The number of nitrogens with zero attached hydrogens (tertiary/aromatic N) is 6. The Balaban J connectivity index is 1.41. The first-order chi connectivity index (χ1) is 15.0. The number of nitrogen functional groups attached to an aromatic ring is 1. The molecule has 0 spiro atoms. The maximum atomic E-state index is 13.0. The smallest absolute Gasteiger partial charge is 0.251 e. The van der Waals surface area contributed by atoms with E-state index in [0.29, 0.717) is 17.4 Å². The lowest BCUT2D eigenvalue weighted by Gasteiger charge is -2.43. The van der Waals surface area contributed by atoms with Gasteiger partial charge in [0.05, 0.1) is 11.1 Å². The molecule has 1 saturated heterocycles. The molecular weight excluding hydrogens is 410 g/mol. The highest BCUT2D eigenvalue weighted by molar-refractivity contribution is 7.18. The SMILES string of the molecule is Cc1cc2c(N3C[C@@H]4C[C@H](C3)c3cc(-c5cc(N)ncn5)cc(=O)n3C4)ncnc2s1. The molecule has 4 aromatic rings. The first-order valence-electron chi connectivity index (χ1n) is 10.3. The van der Waals surface area contributed by atoms with E-state index in [-0.39, 0.29) is 11.5 Å². The summed E-state index contributed by atoms with van der Waals surface area (Å²) in [5, 5.41) is 1.12. The number of piperidine rings is 1. The Hall–Kier alpha value is -3.33. The molecule has 2 aliphatic rings. The Labute approximate surface area is 182 Å². The third-order valence-corrected chi connectivity index (χ3v) is 7.23. The van der Waals surface area contributed by atoms with Crippen LogP contribution in [0.2, 0.25) is 0 Å². The molecule has 0 aliphatic carbocycles. The van der Waals surface area contributed by atoms with E-state index < -0.39 is 0 Å². The van der Waals surface area contributed by atoms with Gasteiger partial charge in [0.1, 0.15) is 29.1 Å². The summed E-state index contributed by atoms with van der Waals surface area (Å²) in [6.07, 6.45) is 4.17. The zero-order valence-corrected chi connectivity index (χ0v) is 17.8. The predicted octanol–water partition coefficient (Wildman–Crippen LogP) is 2.82. The van der Waals surface area contributed by atoms with Crippen molar-refractivity contribution >= 4 is 33.2 Å². The number of aryl methyl sites for hydroxylation is 1. The number of hydrogen-bond donors (Lipinski definition) is 1. The largest absolute Gasteiger partial charge is 0.384 e. The maximum absolute atomic E-state index is 13.0. The van der Waals surface area contributed by atoms with E-state index in [1.165, 1.54) is 11.2 Å². The minimum Gasteiger partial charge on any atom is -0.384 e. The first-order valence-corrected chi connectivity index (χ1v) is 11.2. The Morgan fingerprint density at radius 3 is 2.77 bits per heavy atom. The number of fused-ring (bicyclic) bond motifs is 5. The van der Waals surface area contributed by atoms with Crippen LogP contribution in [0.3, 0.4) is 0 Å². The quantitative estimate of drug-likeness (QED) is 0.520. The van der Waals surface area contributed by atoms with Crippen molar-refractivity contribution in [3.05, 3.63) is 57.8 Å². The molecule has 8 nitrogen and oxygen atoms in total.